The zero-order chi connectivity index (χ0) is 11.5. The van der Waals surface area contributed by atoms with E-state index in [0.29, 0.717) is 18.3 Å². The van der Waals surface area contributed by atoms with Crippen LogP contribution in [0.4, 0.5) is 11.4 Å². The van der Waals surface area contributed by atoms with Gasteiger partial charge in [-0.3, -0.25) is 0 Å². The molecule has 0 radical (unpaired) electrons. The number of nitrogen functional groups attached to an aromatic ring is 1. The van der Waals surface area contributed by atoms with Crippen LogP contribution in [-0.2, 0) is 0 Å². The second-order valence-electron chi connectivity index (χ2n) is 4.35. The number of rotatable bonds is 4. The Morgan fingerprint density at radius 3 is 2.75 bits per heavy atom. The summed E-state index contributed by atoms with van der Waals surface area (Å²) in [6, 6.07) is 6.72. The number of nitrogens with zero attached hydrogens (tertiary/aromatic N) is 1. The van der Waals surface area contributed by atoms with E-state index in [4.69, 9.17) is 10.5 Å². The van der Waals surface area contributed by atoms with Crippen LogP contribution in [0.1, 0.15) is 26.2 Å². The largest absolute Gasteiger partial charge is 0.492 e. The Kier molecular flexibility index (Phi) is 3.22. The standard InChI is InChI=1S/C13H20N2O/c1-3-16-13-9-11(7-8-12(13)14)15(2)10-5-4-6-10/h7-10H,3-6,14H2,1-2H3. The van der Waals surface area contributed by atoms with Crippen LogP contribution < -0.4 is 15.4 Å². The second kappa shape index (κ2) is 4.64. The van der Waals surface area contributed by atoms with Crippen molar-refractivity contribution in [3.05, 3.63) is 18.2 Å². The molecule has 0 spiro atoms. The lowest BCUT2D eigenvalue weighted by atomic mass is 9.91. The lowest BCUT2D eigenvalue weighted by Gasteiger charge is -2.36. The highest BCUT2D eigenvalue weighted by Gasteiger charge is 2.22. The second-order valence-corrected chi connectivity index (χ2v) is 4.35. The summed E-state index contributed by atoms with van der Waals surface area (Å²) in [6.45, 7) is 2.63. The van der Waals surface area contributed by atoms with Crippen molar-refractivity contribution in [3.63, 3.8) is 0 Å². The number of nitrogens with two attached hydrogens (primary N) is 1. The Labute approximate surface area is 97.2 Å². The van der Waals surface area contributed by atoms with Gasteiger partial charge in [0.1, 0.15) is 5.75 Å². The van der Waals surface area contributed by atoms with E-state index in [2.05, 4.69) is 18.0 Å². The molecular formula is C13H20N2O. The van der Waals surface area contributed by atoms with Gasteiger partial charge in [-0.15, -0.1) is 0 Å². The fraction of sp³-hybridized carbons (Fsp3) is 0.538. The third-order valence-corrected chi connectivity index (χ3v) is 3.33. The Balaban J connectivity index is 2.17. The monoisotopic (exact) mass is 220 g/mol. The van der Waals surface area contributed by atoms with Crippen molar-refractivity contribution in [2.75, 3.05) is 24.3 Å². The van der Waals surface area contributed by atoms with Crippen LogP contribution in [0.3, 0.4) is 0 Å². The topological polar surface area (TPSA) is 38.5 Å². The van der Waals surface area contributed by atoms with Gasteiger partial charge in [-0.2, -0.15) is 0 Å². The van der Waals surface area contributed by atoms with Crippen molar-refractivity contribution in [1.82, 2.24) is 0 Å². The molecule has 1 fully saturated rings. The van der Waals surface area contributed by atoms with Gasteiger partial charge in [-0.25, -0.2) is 0 Å². The van der Waals surface area contributed by atoms with Crippen LogP contribution in [0.2, 0.25) is 0 Å². The van der Waals surface area contributed by atoms with Gasteiger partial charge in [0.15, 0.2) is 0 Å². The number of hydrogen-bond donors (Lipinski definition) is 1. The van der Waals surface area contributed by atoms with E-state index in [9.17, 15) is 0 Å². The highest BCUT2D eigenvalue weighted by Crippen LogP contribution is 2.32. The van der Waals surface area contributed by atoms with Gasteiger partial charge in [0, 0.05) is 24.8 Å². The Morgan fingerprint density at radius 2 is 2.19 bits per heavy atom. The van der Waals surface area contributed by atoms with E-state index in [-0.39, 0.29) is 0 Å². The molecule has 2 rings (SSSR count). The molecule has 1 aliphatic carbocycles. The third-order valence-electron chi connectivity index (χ3n) is 3.33. The smallest absolute Gasteiger partial charge is 0.144 e. The van der Waals surface area contributed by atoms with E-state index in [1.165, 1.54) is 24.9 Å². The maximum absolute atomic E-state index is 5.85. The fourth-order valence-corrected chi connectivity index (χ4v) is 2.01. The van der Waals surface area contributed by atoms with E-state index < -0.39 is 0 Å². The molecule has 2 N–H and O–H groups in total. The molecule has 0 bridgehead atoms. The van der Waals surface area contributed by atoms with Crippen LogP contribution in [0.15, 0.2) is 18.2 Å². The van der Waals surface area contributed by atoms with Crippen LogP contribution in [-0.4, -0.2) is 19.7 Å². The normalized spacial score (nSPS) is 15.6. The minimum Gasteiger partial charge on any atom is -0.492 e. The molecule has 3 heteroatoms. The molecule has 0 aliphatic heterocycles. The molecule has 3 nitrogen and oxygen atoms in total. The summed E-state index contributed by atoms with van der Waals surface area (Å²) < 4.78 is 5.51. The summed E-state index contributed by atoms with van der Waals surface area (Å²) in [5.74, 6) is 0.797. The third kappa shape index (κ3) is 2.08. The summed E-state index contributed by atoms with van der Waals surface area (Å²) >= 11 is 0. The van der Waals surface area contributed by atoms with E-state index in [1.807, 2.05) is 19.1 Å². The molecule has 0 saturated heterocycles. The van der Waals surface area contributed by atoms with Gasteiger partial charge >= 0.3 is 0 Å². The zero-order valence-electron chi connectivity index (χ0n) is 10.1. The Hall–Kier alpha value is -1.38. The van der Waals surface area contributed by atoms with Crippen molar-refractivity contribution in [2.24, 2.45) is 0 Å². The van der Waals surface area contributed by atoms with Crippen LogP contribution >= 0.6 is 0 Å². The van der Waals surface area contributed by atoms with Crippen molar-refractivity contribution >= 4 is 11.4 Å². The van der Waals surface area contributed by atoms with E-state index in [0.717, 1.165) is 5.75 Å². The minimum atomic E-state index is 0.654. The zero-order valence-corrected chi connectivity index (χ0v) is 10.1. The van der Waals surface area contributed by atoms with Gasteiger partial charge in [-0.1, -0.05) is 0 Å². The van der Waals surface area contributed by atoms with Gasteiger partial charge < -0.3 is 15.4 Å². The SMILES string of the molecule is CCOc1cc(N(C)C2CCC2)ccc1N. The number of hydrogen-bond acceptors (Lipinski definition) is 3. The first-order chi connectivity index (χ1) is 7.72. The molecular weight excluding hydrogens is 200 g/mol. The summed E-state index contributed by atoms with van der Waals surface area (Å²) in [4.78, 5) is 2.32. The molecule has 0 aromatic heterocycles. The molecule has 1 aliphatic rings. The number of anilines is 2. The van der Waals surface area contributed by atoms with Gasteiger partial charge in [-0.05, 0) is 38.3 Å². The summed E-state index contributed by atoms with van der Waals surface area (Å²) in [6.07, 6.45) is 3.94. The molecule has 0 atom stereocenters. The minimum absolute atomic E-state index is 0.654. The van der Waals surface area contributed by atoms with Crippen molar-refractivity contribution in [1.29, 1.82) is 0 Å². The van der Waals surface area contributed by atoms with Gasteiger partial charge in [0.05, 0.1) is 12.3 Å². The predicted octanol–water partition coefficient (Wildman–Crippen LogP) is 2.66. The molecule has 88 valence electrons. The van der Waals surface area contributed by atoms with Crippen LogP contribution in [0.5, 0.6) is 5.75 Å². The lowest BCUT2D eigenvalue weighted by Crippen LogP contribution is -2.37. The number of benzene rings is 1. The first-order valence-electron chi connectivity index (χ1n) is 5.97. The van der Waals surface area contributed by atoms with Crippen LogP contribution in [0.25, 0.3) is 0 Å². The molecule has 1 aromatic carbocycles. The first-order valence-corrected chi connectivity index (χ1v) is 5.97. The Morgan fingerprint density at radius 1 is 1.44 bits per heavy atom. The van der Waals surface area contributed by atoms with Gasteiger partial charge in [0.25, 0.3) is 0 Å². The summed E-state index contributed by atoms with van der Waals surface area (Å²) in [5.41, 5.74) is 7.77. The fourth-order valence-electron chi connectivity index (χ4n) is 2.01. The van der Waals surface area contributed by atoms with E-state index >= 15 is 0 Å². The maximum Gasteiger partial charge on any atom is 0.144 e. The van der Waals surface area contributed by atoms with Crippen molar-refractivity contribution < 1.29 is 4.74 Å². The quantitative estimate of drug-likeness (QED) is 0.793. The molecule has 1 saturated carbocycles. The van der Waals surface area contributed by atoms with Crippen molar-refractivity contribution in [2.45, 2.75) is 32.2 Å². The highest BCUT2D eigenvalue weighted by atomic mass is 16.5. The summed E-state index contributed by atoms with van der Waals surface area (Å²) in [5, 5.41) is 0. The maximum atomic E-state index is 5.85. The lowest BCUT2D eigenvalue weighted by molar-refractivity contribution is 0.341. The van der Waals surface area contributed by atoms with Gasteiger partial charge in [0.2, 0.25) is 0 Å². The van der Waals surface area contributed by atoms with Crippen LogP contribution in [0, 0.1) is 0 Å². The summed E-state index contributed by atoms with van der Waals surface area (Å²) in [7, 11) is 2.14. The molecule has 16 heavy (non-hydrogen) atoms. The first kappa shape index (κ1) is 11.1. The Bertz CT molecular complexity index is 361. The average Bonchev–Trinajstić information content (AvgIpc) is 2.19. The molecule has 0 amide bonds. The molecule has 0 unspecified atom stereocenters. The highest BCUT2D eigenvalue weighted by molar-refractivity contribution is 5.62. The average molecular weight is 220 g/mol. The van der Waals surface area contributed by atoms with E-state index in [1.54, 1.807) is 0 Å². The molecule has 0 heterocycles. The molecule has 1 aromatic rings. The predicted molar refractivity (Wildman–Crippen MR) is 68.1 cm³/mol. The van der Waals surface area contributed by atoms with Crippen molar-refractivity contribution in [3.8, 4) is 5.75 Å². The number of ether oxygens (including phenoxy) is 1.